The number of hydrogen-bond donors (Lipinski definition) is 1. The van der Waals surface area contributed by atoms with Crippen molar-refractivity contribution in [2.24, 2.45) is 0 Å². The van der Waals surface area contributed by atoms with Gasteiger partial charge in [-0.3, -0.25) is 4.79 Å². The SMILES string of the molecule is COc1ccc(C(O)Cn2ccn3nc(-c4ccc(C)cc4)cc3c2=O)cc1OC. The van der Waals surface area contributed by atoms with Crippen LogP contribution in [0.4, 0.5) is 0 Å². The van der Waals surface area contributed by atoms with Crippen LogP contribution in [0.5, 0.6) is 11.5 Å². The molecule has 4 rings (SSSR count). The number of methoxy groups -OCH3 is 2. The van der Waals surface area contributed by atoms with E-state index in [4.69, 9.17) is 9.47 Å². The van der Waals surface area contributed by atoms with Crippen molar-refractivity contribution in [1.29, 1.82) is 0 Å². The number of hydrogen-bond acceptors (Lipinski definition) is 5. The third-order valence-corrected chi connectivity index (χ3v) is 5.11. The standard InChI is InChI=1S/C23H23N3O4/c1-15-4-6-16(7-5-15)18-13-19-23(28)25(10-11-26(19)24-18)14-20(27)17-8-9-21(29-2)22(12-17)30-3/h4-13,20,27H,14H2,1-3H3. The number of aliphatic hydroxyl groups excluding tert-OH is 1. The molecule has 30 heavy (non-hydrogen) atoms. The minimum atomic E-state index is -0.885. The minimum absolute atomic E-state index is 0.107. The fraction of sp³-hybridized carbons (Fsp3) is 0.217. The number of fused-ring (bicyclic) bond motifs is 1. The molecule has 0 aliphatic carbocycles. The lowest BCUT2D eigenvalue weighted by Crippen LogP contribution is -2.24. The maximum Gasteiger partial charge on any atom is 0.276 e. The van der Waals surface area contributed by atoms with Crippen molar-refractivity contribution in [3.63, 3.8) is 0 Å². The van der Waals surface area contributed by atoms with Gasteiger partial charge < -0.3 is 19.1 Å². The zero-order valence-electron chi connectivity index (χ0n) is 17.1. The molecule has 0 saturated heterocycles. The van der Waals surface area contributed by atoms with Gasteiger partial charge in [0.25, 0.3) is 5.56 Å². The van der Waals surface area contributed by atoms with E-state index in [0.717, 1.165) is 16.8 Å². The Balaban J connectivity index is 1.64. The highest BCUT2D eigenvalue weighted by Crippen LogP contribution is 2.30. The fourth-order valence-corrected chi connectivity index (χ4v) is 3.39. The molecular formula is C23H23N3O4. The summed E-state index contributed by atoms with van der Waals surface area (Å²) in [4.78, 5) is 13.0. The zero-order valence-corrected chi connectivity index (χ0v) is 17.1. The van der Waals surface area contributed by atoms with Crippen LogP contribution >= 0.6 is 0 Å². The zero-order chi connectivity index (χ0) is 21.3. The Morgan fingerprint density at radius 3 is 2.43 bits per heavy atom. The van der Waals surface area contributed by atoms with E-state index in [2.05, 4.69) is 5.10 Å². The Bertz CT molecular complexity index is 1240. The predicted octanol–water partition coefficient (Wildman–Crippen LogP) is 3.22. The second kappa shape index (κ2) is 8.04. The quantitative estimate of drug-likeness (QED) is 0.533. The van der Waals surface area contributed by atoms with Gasteiger partial charge in [0.05, 0.1) is 32.6 Å². The average molecular weight is 405 g/mol. The molecule has 7 nitrogen and oxygen atoms in total. The van der Waals surface area contributed by atoms with Crippen LogP contribution in [0.3, 0.4) is 0 Å². The number of rotatable bonds is 6. The van der Waals surface area contributed by atoms with Crippen LogP contribution in [0.25, 0.3) is 16.8 Å². The molecule has 0 amide bonds. The second-order valence-corrected chi connectivity index (χ2v) is 7.11. The molecule has 0 spiro atoms. The van der Waals surface area contributed by atoms with Gasteiger partial charge in [0.15, 0.2) is 11.5 Å². The van der Waals surface area contributed by atoms with Crippen molar-refractivity contribution in [1.82, 2.24) is 14.2 Å². The van der Waals surface area contributed by atoms with Crippen molar-refractivity contribution in [2.45, 2.75) is 19.6 Å². The number of aliphatic hydroxyl groups is 1. The van der Waals surface area contributed by atoms with E-state index in [-0.39, 0.29) is 12.1 Å². The van der Waals surface area contributed by atoms with Gasteiger partial charge >= 0.3 is 0 Å². The van der Waals surface area contributed by atoms with Crippen LogP contribution in [-0.4, -0.2) is 33.5 Å². The van der Waals surface area contributed by atoms with E-state index >= 15 is 0 Å². The summed E-state index contributed by atoms with van der Waals surface area (Å²) >= 11 is 0. The first kappa shape index (κ1) is 19.7. The number of benzene rings is 2. The molecule has 1 atom stereocenters. The number of aromatic nitrogens is 3. The monoisotopic (exact) mass is 405 g/mol. The number of nitrogens with zero attached hydrogens (tertiary/aromatic N) is 3. The van der Waals surface area contributed by atoms with Crippen molar-refractivity contribution >= 4 is 5.52 Å². The molecule has 0 fully saturated rings. The van der Waals surface area contributed by atoms with Crippen LogP contribution < -0.4 is 15.0 Å². The highest BCUT2D eigenvalue weighted by molar-refractivity contribution is 5.65. The summed E-state index contributed by atoms with van der Waals surface area (Å²) in [6, 6.07) is 15.0. The van der Waals surface area contributed by atoms with Gasteiger partial charge in [0.1, 0.15) is 5.52 Å². The molecule has 7 heteroatoms. The van der Waals surface area contributed by atoms with E-state index in [1.807, 2.05) is 31.2 Å². The topological polar surface area (TPSA) is 78.0 Å². The first-order valence-electron chi connectivity index (χ1n) is 9.56. The molecule has 0 saturated carbocycles. The highest BCUT2D eigenvalue weighted by Gasteiger charge is 2.15. The Kier molecular flexibility index (Phi) is 5.29. The Hall–Kier alpha value is -3.58. The first-order valence-corrected chi connectivity index (χ1v) is 9.56. The molecule has 2 aromatic carbocycles. The lowest BCUT2D eigenvalue weighted by Gasteiger charge is -2.15. The molecular weight excluding hydrogens is 382 g/mol. The molecule has 0 aliphatic heterocycles. The summed E-state index contributed by atoms with van der Waals surface area (Å²) in [6.07, 6.45) is 2.46. The van der Waals surface area contributed by atoms with E-state index in [9.17, 15) is 9.90 Å². The number of aryl methyl sites for hydroxylation is 1. The summed E-state index contributed by atoms with van der Waals surface area (Å²) in [7, 11) is 3.09. The lowest BCUT2D eigenvalue weighted by molar-refractivity contribution is 0.154. The summed E-state index contributed by atoms with van der Waals surface area (Å²) in [5, 5.41) is 15.2. The predicted molar refractivity (Wildman–Crippen MR) is 114 cm³/mol. The van der Waals surface area contributed by atoms with Gasteiger partial charge in [-0.15, -0.1) is 0 Å². The van der Waals surface area contributed by atoms with Crippen LogP contribution in [0, 0.1) is 6.92 Å². The van der Waals surface area contributed by atoms with Gasteiger partial charge in [-0.2, -0.15) is 5.10 Å². The molecule has 4 aromatic rings. The lowest BCUT2D eigenvalue weighted by atomic mass is 10.1. The van der Waals surface area contributed by atoms with Gasteiger partial charge in [-0.1, -0.05) is 35.9 Å². The van der Waals surface area contributed by atoms with Gasteiger partial charge in [-0.05, 0) is 30.7 Å². The third kappa shape index (κ3) is 3.67. The molecule has 2 heterocycles. The summed E-state index contributed by atoms with van der Waals surface area (Å²) in [5.41, 5.74) is 3.70. The average Bonchev–Trinajstić information content (AvgIpc) is 3.20. The minimum Gasteiger partial charge on any atom is -0.493 e. The van der Waals surface area contributed by atoms with Gasteiger partial charge in [0, 0.05) is 18.0 Å². The van der Waals surface area contributed by atoms with Gasteiger partial charge in [-0.25, -0.2) is 4.52 Å². The van der Waals surface area contributed by atoms with Crippen molar-refractivity contribution in [3.05, 3.63) is 82.4 Å². The van der Waals surface area contributed by atoms with Gasteiger partial charge in [0.2, 0.25) is 0 Å². The molecule has 0 aliphatic rings. The van der Waals surface area contributed by atoms with Crippen molar-refractivity contribution in [3.8, 4) is 22.8 Å². The molecule has 154 valence electrons. The van der Waals surface area contributed by atoms with Crippen LogP contribution in [0.2, 0.25) is 0 Å². The van der Waals surface area contributed by atoms with Crippen LogP contribution in [0.1, 0.15) is 17.2 Å². The Labute approximate surface area is 173 Å². The third-order valence-electron chi connectivity index (χ3n) is 5.11. The second-order valence-electron chi connectivity index (χ2n) is 7.11. The summed E-state index contributed by atoms with van der Waals surface area (Å²) in [5.74, 6) is 1.10. The number of ether oxygens (including phenoxy) is 2. The fourth-order valence-electron chi connectivity index (χ4n) is 3.39. The summed E-state index contributed by atoms with van der Waals surface area (Å²) < 4.78 is 13.6. The summed E-state index contributed by atoms with van der Waals surface area (Å²) in [6.45, 7) is 2.13. The van der Waals surface area contributed by atoms with E-state index in [1.165, 1.54) is 11.7 Å². The normalized spacial score (nSPS) is 12.1. The Morgan fingerprint density at radius 2 is 1.73 bits per heavy atom. The van der Waals surface area contributed by atoms with Crippen LogP contribution in [-0.2, 0) is 6.54 Å². The van der Waals surface area contributed by atoms with E-state index in [1.54, 1.807) is 48.3 Å². The molecule has 1 unspecified atom stereocenters. The maximum atomic E-state index is 13.0. The largest absolute Gasteiger partial charge is 0.493 e. The maximum absolute atomic E-state index is 13.0. The highest BCUT2D eigenvalue weighted by atomic mass is 16.5. The van der Waals surface area contributed by atoms with Crippen molar-refractivity contribution in [2.75, 3.05) is 14.2 Å². The first-order chi connectivity index (χ1) is 14.5. The van der Waals surface area contributed by atoms with E-state index < -0.39 is 6.10 Å². The molecule has 1 N–H and O–H groups in total. The molecule has 0 bridgehead atoms. The van der Waals surface area contributed by atoms with Crippen LogP contribution in [0.15, 0.2) is 65.7 Å². The molecule has 2 aromatic heterocycles. The van der Waals surface area contributed by atoms with E-state index in [0.29, 0.717) is 22.6 Å². The van der Waals surface area contributed by atoms with Crippen molar-refractivity contribution < 1.29 is 14.6 Å². The smallest absolute Gasteiger partial charge is 0.276 e. The Morgan fingerprint density at radius 1 is 1.00 bits per heavy atom. The molecule has 0 radical (unpaired) electrons.